The summed E-state index contributed by atoms with van der Waals surface area (Å²) in [5, 5.41) is 3.68. The van der Waals surface area contributed by atoms with Crippen LogP contribution in [0.4, 0.5) is 10.2 Å². The summed E-state index contributed by atoms with van der Waals surface area (Å²) in [4.78, 5) is 14.8. The summed E-state index contributed by atoms with van der Waals surface area (Å²) in [6.45, 7) is 2.46. The molecule has 2 fully saturated rings. The van der Waals surface area contributed by atoms with E-state index in [0.29, 0.717) is 24.7 Å². The highest BCUT2D eigenvalue weighted by Gasteiger charge is 2.45. The van der Waals surface area contributed by atoms with Gasteiger partial charge in [0, 0.05) is 25.1 Å². The van der Waals surface area contributed by atoms with Gasteiger partial charge in [0.05, 0.1) is 6.54 Å². The first-order valence-electron chi connectivity index (χ1n) is 7.22. The highest BCUT2D eigenvalue weighted by atomic mass is 19.1. The van der Waals surface area contributed by atoms with Crippen molar-refractivity contribution in [1.82, 2.24) is 20.1 Å². The standard InChI is InChI=1S/C14H16FN5O/c1-9-17-13(21-19-9)14(15)5-7-20(8-14)11-4-6-16-12(18-11)10-2-3-10/h4,6,10H,2-3,5,7-8H2,1H3. The summed E-state index contributed by atoms with van der Waals surface area (Å²) >= 11 is 0. The van der Waals surface area contributed by atoms with E-state index in [4.69, 9.17) is 4.52 Å². The summed E-state index contributed by atoms with van der Waals surface area (Å²) in [6, 6.07) is 1.83. The molecule has 4 rings (SSSR count). The number of halogens is 1. The fourth-order valence-electron chi connectivity index (χ4n) is 2.70. The molecule has 7 heteroatoms. The minimum atomic E-state index is -1.59. The van der Waals surface area contributed by atoms with Gasteiger partial charge in [-0.1, -0.05) is 5.16 Å². The Bertz CT molecular complexity index is 671. The maximum atomic E-state index is 15.0. The molecule has 0 radical (unpaired) electrons. The second-order valence-electron chi connectivity index (χ2n) is 5.83. The third-order valence-electron chi connectivity index (χ3n) is 4.06. The predicted molar refractivity (Wildman–Crippen MR) is 72.7 cm³/mol. The van der Waals surface area contributed by atoms with E-state index in [0.717, 1.165) is 24.5 Å². The molecule has 0 N–H and O–H groups in total. The first-order valence-corrected chi connectivity index (χ1v) is 7.22. The number of aromatic nitrogens is 4. The number of aryl methyl sites for hydroxylation is 1. The second-order valence-corrected chi connectivity index (χ2v) is 5.83. The van der Waals surface area contributed by atoms with Crippen LogP contribution in [-0.2, 0) is 5.67 Å². The van der Waals surface area contributed by atoms with Gasteiger partial charge in [0.2, 0.25) is 5.67 Å². The Morgan fingerprint density at radius 3 is 2.95 bits per heavy atom. The zero-order chi connectivity index (χ0) is 14.4. The highest BCUT2D eigenvalue weighted by molar-refractivity contribution is 5.41. The first kappa shape index (κ1) is 12.7. The molecule has 0 spiro atoms. The maximum absolute atomic E-state index is 15.0. The van der Waals surface area contributed by atoms with Crippen LogP contribution in [0.1, 0.15) is 42.7 Å². The molecule has 0 amide bonds. The van der Waals surface area contributed by atoms with Crippen LogP contribution in [-0.4, -0.2) is 33.2 Å². The van der Waals surface area contributed by atoms with Crippen molar-refractivity contribution in [2.45, 2.75) is 37.8 Å². The van der Waals surface area contributed by atoms with Crippen molar-refractivity contribution in [2.75, 3.05) is 18.0 Å². The van der Waals surface area contributed by atoms with Crippen molar-refractivity contribution in [3.05, 3.63) is 29.8 Å². The number of nitrogens with zero attached hydrogens (tertiary/aromatic N) is 5. The van der Waals surface area contributed by atoms with Crippen LogP contribution in [0.2, 0.25) is 0 Å². The van der Waals surface area contributed by atoms with E-state index in [1.807, 2.05) is 11.0 Å². The molecule has 21 heavy (non-hydrogen) atoms. The van der Waals surface area contributed by atoms with E-state index in [-0.39, 0.29) is 12.4 Å². The number of rotatable bonds is 3. The van der Waals surface area contributed by atoms with Crippen LogP contribution in [0.5, 0.6) is 0 Å². The molecule has 2 aromatic heterocycles. The highest BCUT2D eigenvalue weighted by Crippen LogP contribution is 2.40. The fourth-order valence-corrected chi connectivity index (χ4v) is 2.70. The average molecular weight is 289 g/mol. The Hall–Kier alpha value is -2.05. The average Bonchev–Trinajstić information content (AvgIpc) is 3.13. The largest absolute Gasteiger partial charge is 0.353 e. The molecule has 1 unspecified atom stereocenters. The minimum absolute atomic E-state index is 0.0685. The zero-order valence-electron chi connectivity index (χ0n) is 11.8. The van der Waals surface area contributed by atoms with Gasteiger partial charge >= 0.3 is 0 Å². The smallest absolute Gasteiger partial charge is 0.266 e. The van der Waals surface area contributed by atoms with Gasteiger partial charge in [-0.2, -0.15) is 4.98 Å². The molecule has 1 aliphatic carbocycles. The van der Waals surface area contributed by atoms with Gasteiger partial charge in [0.1, 0.15) is 11.6 Å². The van der Waals surface area contributed by atoms with Crippen LogP contribution >= 0.6 is 0 Å². The minimum Gasteiger partial charge on any atom is -0.353 e. The predicted octanol–water partition coefficient (Wildman–Crippen LogP) is 2.12. The van der Waals surface area contributed by atoms with Crippen LogP contribution in [0, 0.1) is 6.92 Å². The van der Waals surface area contributed by atoms with Gasteiger partial charge in [-0.3, -0.25) is 0 Å². The van der Waals surface area contributed by atoms with E-state index in [1.54, 1.807) is 13.1 Å². The summed E-state index contributed by atoms with van der Waals surface area (Å²) < 4.78 is 20.0. The van der Waals surface area contributed by atoms with Crippen molar-refractivity contribution in [3.63, 3.8) is 0 Å². The van der Waals surface area contributed by atoms with Crippen molar-refractivity contribution in [1.29, 1.82) is 0 Å². The molecule has 1 aliphatic heterocycles. The lowest BCUT2D eigenvalue weighted by atomic mass is 10.1. The molecule has 6 nitrogen and oxygen atoms in total. The van der Waals surface area contributed by atoms with Gasteiger partial charge < -0.3 is 9.42 Å². The zero-order valence-corrected chi connectivity index (χ0v) is 11.8. The first-order chi connectivity index (χ1) is 10.1. The van der Waals surface area contributed by atoms with Gasteiger partial charge in [0.15, 0.2) is 5.82 Å². The number of alkyl halides is 1. The van der Waals surface area contributed by atoms with E-state index >= 15 is 0 Å². The summed E-state index contributed by atoms with van der Waals surface area (Å²) in [7, 11) is 0. The quantitative estimate of drug-likeness (QED) is 0.862. The van der Waals surface area contributed by atoms with Gasteiger partial charge in [-0.15, -0.1) is 0 Å². The van der Waals surface area contributed by atoms with Crippen molar-refractivity contribution < 1.29 is 8.91 Å². The molecule has 1 atom stereocenters. The molecule has 1 saturated carbocycles. The molecule has 0 aromatic carbocycles. The molecular weight excluding hydrogens is 273 g/mol. The van der Waals surface area contributed by atoms with Gasteiger partial charge in [-0.25, -0.2) is 14.4 Å². The van der Waals surface area contributed by atoms with Crippen LogP contribution in [0.3, 0.4) is 0 Å². The maximum Gasteiger partial charge on any atom is 0.266 e. The Labute approximate surface area is 121 Å². The molecule has 2 aromatic rings. The van der Waals surface area contributed by atoms with Gasteiger partial charge in [-0.05, 0) is 25.8 Å². The SMILES string of the molecule is Cc1noc(C2(F)CCN(c3ccnc(C4CC4)n3)C2)n1. The lowest BCUT2D eigenvalue weighted by Gasteiger charge is -2.19. The van der Waals surface area contributed by atoms with E-state index in [1.165, 1.54) is 0 Å². The van der Waals surface area contributed by atoms with Crippen molar-refractivity contribution >= 4 is 5.82 Å². The third-order valence-corrected chi connectivity index (χ3v) is 4.06. The van der Waals surface area contributed by atoms with E-state index < -0.39 is 5.67 Å². The molecule has 2 aliphatic rings. The second kappa shape index (κ2) is 4.47. The van der Waals surface area contributed by atoms with Crippen LogP contribution < -0.4 is 4.90 Å². The van der Waals surface area contributed by atoms with Crippen molar-refractivity contribution in [3.8, 4) is 0 Å². The van der Waals surface area contributed by atoms with E-state index in [9.17, 15) is 4.39 Å². The summed E-state index contributed by atoms with van der Waals surface area (Å²) in [5.74, 6) is 2.67. The fraction of sp³-hybridized carbons (Fsp3) is 0.571. The Kier molecular flexibility index (Phi) is 2.70. The lowest BCUT2D eigenvalue weighted by molar-refractivity contribution is 0.136. The van der Waals surface area contributed by atoms with Crippen LogP contribution in [0.15, 0.2) is 16.8 Å². The van der Waals surface area contributed by atoms with E-state index in [2.05, 4.69) is 20.1 Å². The normalized spacial score (nSPS) is 25.5. The number of anilines is 1. The monoisotopic (exact) mass is 289 g/mol. The van der Waals surface area contributed by atoms with Crippen molar-refractivity contribution in [2.24, 2.45) is 0 Å². The number of hydrogen-bond donors (Lipinski definition) is 0. The van der Waals surface area contributed by atoms with Crippen LogP contribution in [0.25, 0.3) is 0 Å². The van der Waals surface area contributed by atoms with Gasteiger partial charge in [0.25, 0.3) is 5.89 Å². The molecule has 1 saturated heterocycles. The molecule has 110 valence electrons. The molecule has 0 bridgehead atoms. The third kappa shape index (κ3) is 2.26. The Balaban J connectivity index is 1.57. The molecular formula is C14H16FN5O. The Morgan fingerprint density at radius 1 is 1.38 bits per heavy atom. The molecule has 3 heterocycles. The lowest BCUT2D eigenvalue weighted by Crippen LogP contribution is -2.28. The Morgan fingerprint density at radius 2 is 2.24 bits per heavy atom. The summed E-state index contributed by atoms with van der Waals surface area (Å²) in [5.41, 5.74) is -1.59. The summed E-state index contributed by atoms with van der Waals surface area (Å²) in [6.07, 6.45) is 4.39. The number of hydrogen-bond acceptors (Lipinski definition) is 6. The topological polar surface area (TPSA) is 67.9 Å².